The topological polar surface area (TPSA) is 67.9 Å². The van der Waals surface area contributed by atoms with Crippen LogP contribution in [0.3, 0.4) is 0 Å². The number of amides is 2. The lowest BCUT2D eigenvalue weighted by atomic mass is 10.0. The van der Waals surface area contributed by atoms with Crippen molar-refractivity contribution in [3.05, 3.63) is 95.3 Å². The van der Waals surface area contributed by atoms with Gasteiger partial charge in [0.25, 0.3) is 0 Å². The van der Waals surface area contributed by atoms with Gasteiger partial charge in [-0.15, -0.1) is 0 Å². The highest BCUT2D eigenvalue weighted by molar-refractivity contribution is 5.88. The number of rotatable bonds is 11. The molecule has 0 unspecified atom stereocenters. The molecule has 0 saturated heterocycles. The lowest BCUT2D eigenvalue weighted by Crippen LogP contribution is -2.52. The standard InChI is InChI=1S/C31H35FN2O4/c1-3-22(2)33-31(36)27(19-23-9-5-4-6-10-23)34(21-25-11-7-8-12-26(25)32)30(35)16-14-24-13-15-28-29(20-24)38-18-17-37-28/h4-13,15,20,22,27H,3,14,16-19,21H2,1-2H3,(H,33,36)/t22-,27+/m1/s1. The Hall–Kier alpha value is -3.87. The number of benzene rings is 3. The SMILES string of the molecule is CC[C@@H](C)NC(=O)[C@H](Cc1ccccc1)N(Cc1ccccc1F)C(=O)CCc1ccc2c(c1)OCCO2. The van der Waals surface area contributed by atoms with E-state index in [1.54, 1.807) is 18.2 Å². The van der Waals surface area contributed by atoms with Gasteiger partial charge in [-0.25, -0.2) is 4.39 Å². The molecule has 0 fully saturated rings. The van der Waals surface area contributed by atoms with E-state index in [9.17, 15) is 14.0 Å². The molecule has 4 rings (SSSR count). The monoisotopic (exact) mass is 518 g/mol. The van der Waals surface area contributed by atoms with Crippen molar-refractivity contribution in [1.29, 1.82) is 0 Å². The molecule has 3 aromatic rings. The summed E-state index contributed by atoms with van der Waals surface area (Å²) in [5.74, 6) is 0.491. The molecule has 0 aromatic heterocycles. The minimum absolute atomic E-state index is 0.00191. The van der Waals surface area contributed by atoms with Crippen LogP contribution in [0.4, 0.5) is 4.39 Å². The summed E-state index contributed by atoms with van der Waals surface area (Å²) in [6, 6.07) is 20.8. The zero-order valence-corrected chi connectivity index (χ0v) is 22.0. The van der Waals surface area contributed by atoms with E-state index in [2.05, 4.69) is 5.32 Å². The van der Waals surface area contributed by atoms with E-state index >= 15 is 0 Å². The smallest absolute Gasteiger partial charge is 0.243 e. The Morgan fingerprint density at radius 2 is 1.66 bits per heavy atom. The van der Waals surface area contributed by atoms with Crippen LogP contribution < -0.4 is 14.8 Å². The van der Waals surface area contributed by atoms with Crippen molar-refractivity contribution in [2.75, 3.05) is 13.2 Å². The number of fused-ring (bicyclic) bond motifs is 1. The molecule has 200 valence electrons. The summed E-state index contributed by atoms with van der Waals surface area (Å²) in [6.07, 6.45) is 1.70. The first-order chi connectivity index (χ1) is 18.4. The largest absolute Gasteiger partial charge is 0.486 e. The molecule has 1 heterocycles. The Morgan fingerprint density at radius 1 is 0.947 bits per heavy atom. The van der Waals surface area contributed by atoms with Crippen molar-refractivity contribution in [2.24, 2.45) is 0 Å². The second kappa shape index (κ2) is 13.1. The number of carbonyl (C=O) groups is 2. The van der Waals surface area contributed by atoms with Gasteiger partial charge in [0.05, 0.1) is 0 Å². The van der Waals surface area contributed by atoms with Crippen LogP contribution in [-0.4, -0.2) is 42.0 Å². The third kappa shape index (κ3) is 7.12. The number of carbonyl (C=O) groups excluding carboxylic acids is 2. The van der Waals surface area contributed by atoms with E-state index in [0.717, 1.165) is 17.5 Å². The van der Waals surface area contributed by atoms with Crippen molar-refractivity contribution in [3.63, 3.8) is 0 Å². The predicted molar refractivity (Wildman–Crippen MR) is 145 cm³/mol. The number of halogens is 1. The van der Waals surface area contributed by atoms with E-state index in [0.29, 0.717) is 43.1 Å². The van der Waals surface area contributed by atoms with Crippen molar-refractivity contribution in [1.82, 2.24) is 10.2 Å². The fourth-order valence-corrected chi connectivity index (χ4v) is 4.44. The maximum atomic E-state index is 14.7. The minimum atomic E-state index is -0.793. The average molecular weight is 519 g/mol. The Labute approximate surface area is 223 Å². The van der Waals surface area contributed by atoms with Crippen LogP contribution in [0.5, 0.6) is 11.5 Å². The Kier molecular flexibility index (Phi) is 9.35. The zero-order chi connectivity index (χ0) is 26.9. The second-order valence-electron chi connectivity index (χ2n) is 9.61. The number of hydrogen-bond acceptors (Lipinski definition) is 4. The molecule has 1 aliphatic heterocycles. The lowest BCUT2D eigenvalue weighted by molar-refractivity contribution is -0.141. The zero-order valence-electron chi connectivity index (χ0n) is 22.0. The van der Waals surface area contributed by atoms with Crippen molar-refractivity contribution in [2.45, 2.75) is 58.2 Å². The number of nitrogens with one attached hydrogen (secondary N) is 1. The molecule has 0 saturated carbocycles. The van der Waals surface area contributed by atoms with Crippen LogP contribution in [-0.2, 0) is 29.0 Å². The molecule has 3 aromatic carbocycles. The van der Waals surface area contributed by atoms with Crippen LogP contribution in [0.15, 0.2) is 72.8 Å². The summed E-state index contributed by atoms with van der Waals surface area (Å²) in [7, 11) is 0. The van der Waals surface area contributed by atoms with Gasteiger partial charge in [0.1, 0.15) is 25.1 Å². The predicted octanol–water partition coefficient (Wildman–Crippen LogP) is 5.08. The fourth-order valence-electron chi connectivity index (χ4n) is 4.44. The quantitative estimate of drug-likeness (QED) is 0.384. The van der Waals surface area contributed by atoms with Gasteiger partial charge in [-0.1, -0.05) is 61.5 Å². The number of hydrogen-bond donors (Lipinski definition) is 1. The van der Waals surface area contributed by atoms with Crippen LogP contribution in [0.2, 0.25) is 0 Å². The normalized spacial score (nSPS) is 13.9. The van der Waals surface area contributed by atoms with Crippen LogP contribution in [0, 0.1) is 5.82 Å². The van der Waals surface area contributed by atoms with Gasteiger partial charge in [0, 0.05) is 31.0 Å². The number of ether oxygens (including phenoxy) is 2. The highest BCUT2D eigenvalue weighted by Crippen LogP contribution is 2.31. The van der Waals surface area contributed by atoms with Gasteiger partial charge in [0.15, 0.2) is 11.5 Å². The summed E-state index contributed by atoms with van der Waals surface area (Å²) in [6.45, 7) is 4.92. The first-order valence-electron chi connectivity index (χ1n) is 13.2. The highest BCUT2D eigenvalue weighted by atomic mass is 19.1. The lowest BCUT2D eigenvalue weighted by Gasteiger charge is -2.32. The molecule has 0 radical (unpaired) electrons. The van der Waals surface area contributed by atoms with Gasteiger partial charge in [0.2, 0.25) is 11.8 Å². The molecule has 0 aliphatic carbocycles. The molecule has 6 nitrogen and oxygen atoms in total. The van der Waals surface area contributed by atoms with E-state index in [4.69, 9.17) is 9.47 Å². The summed E-state index contributed by atoms with van der Waals surface area (Å²) in [5, 5.41) is 3.04. The van der Waals surface area contributed by atoms with E-state index in [1.165, 1.54) is 11.0 Å². The van der Waals surface area contributed by atoms with E-state index < -0.39 is 11.9 Å². The van der Waals surface area contributed by atoms with Crippen molar-refractivity contribution >= 4 is 11.8 Å². The Balaban J connectivity index is 1.60. The van der Waals surface area contributed by atoms with Gasteiger partial charge in [-0.05, 0) is 49.1 Å². The Bertz CT molecular complexity index is 1230. The molecule has 2 amide bonds. The van der Waals surface area contributed by atoms with Gasteiger partial charge in [-0.2, -0.15) is 0 Å². The molecule has 0 bridgehead atoms. The molecule has 1 aliphatic rings. The molecule has 38 heavy (non-hydrogen) atoms. The van der Waals surface area contributed by atoms with Crippen LogP contribution in [0.1, 0.15) is 43.4 Å². The summed E-state index contributed by atoms with van der Waals surface area (Å²) in [4.78, 5) is 28.9. The van der Waals surface area contributed by atoms with Crippen molar-refractivity contribution < 1.29 is 23.5 Å². The number of nitrogens with zero attached hydrogens (tertiary/aromatic N) is 1. The molecular weight excluding hydrogens is 483 g/mol. The molecule has 2 atom stereocenters. The first kappa shape index (κ1) is 27.2. The average Bonchev–Trinajstić information content (AvgIpc) is 2.94. The summed E-state index contributed by atoms with van der Waals surface area (Å²) in [5.41, 5.74) is 2.22. The first-order valence-corrected chi connectivity index (χ1v) is 13.2. The highest BCUT2D eigenvalue weighted by Gasteiger charge is 2.31. The second-order valence-corrected chi connectivity index (χ2v) is 9.61. The van der Waals surface area contributed by atoms with Crippen molar-refractivity contribution in [3.8, 4) is 11.5 Å². The molecule has 7 heteroatoms. The Morgan fingerprint density at radius 3 is 2.39 bits per heavy atom. The van der Waals surface area contributed by atoms with Gasteiger partial charge < -0.3 is 19.7 Å². The maximum Gasteiger partial charge on any atom is 0.243 e. The molecule has 1 N–H and O–H groups in total. The van der Waals surface area contributed by atoms with Crippen LogP contribution >= 0.6 is 0 Å². The molecular formula is C31H35FN2O4. The van der Waals surface area contributed by atoms with Gasteiger partial charge in [-0.3, -0.25) is 9.59 Å². The van der Waals surface area contributed by atoms with Gasteiger partial charge >= 0.3 is 0 Å². The fraction of sp³-hybridized carbons (Fsp3) is 0.355. The maximum absolute atomic E-state index is 14.7. The third-order valence-electron chi connectivity index (χ3n) is 6.80. The number of aryl methyl sites for hydroxylation is 1. The third-order valence-corrected chi connectivity index (χ3v) is 6.80. The summed E-state index contributed by atoms with van der Waals surface area (Å²) >= 11 is 0. The van der Waals surface area contributed by atoms with E-state index in [-0.39, 0.29) is 30.8 Å². The van der Waals surface area contributed by atoms with Crippen LogP contribution in [0.25, 0.3) is 0 Å². The summed E-state index contributed by atoms with van der Waals surface area (Å²) < 4.78 is 26.0. The minimum Gasteiger partial charge on any atom is -0.486 e. The molecule has 0 spiro atoms. The van der Waals surface area contributed by atoms with E-state index in [1.807, 2.05) is 62.4 Å².